The molecule has 0 amide bonds. The van der Waals surface area contributed by atoms with Crippen molar-refractivity contribution in [1.29, 1.82) is 0 Å². The highest BCUT2D eigenvalue weighted by atomic mass is 35.5. The molecule has 1 fully saturated rings. The minimum Gasteiger partial charge on any atom is -0.493 e. The standard InChI is InChI=1S/C23H25ClFN3O2/c1-3-14-4-7-16(8-5-14)30-22-11-17-20(12-21(22)29-2)26-13-27-23(17)28-15-6-9-19(25)18(24)10-15/h6,9-14,16H,3-5,7-8H2,1-2H3,(H,26,27,28). The third-order valence-corrected chi connectivity index (χ3v) is 6.06. The maximum absolute atomic E-state index is 13.5. The maximum atomic E-state index is 13.5. The lowest BCUT2D eigenvalue weighted by molar-refractivity contribution is 0.126. The zero-order valence-electron chi connectivity index (χ0n) is 17.1. The highest BCUT2D eigenvalue weighted by Gasteiger charge is 2.23. The third kappa shape index (κ3) is 4.43. The van der Waals surface area contributed by atoms with Gasteiger partial charge in [-0.05, 0) is 55.9 Å². The van der Waals surface area contributed by atoms with Crippen molar-refractivity contribution in [3.8, 4) is 11.5 Å². The molecule has 0 spiro atoms. The van der Waals surface area contributed by atoms with E-state index >= 15 is 0 Å². The van der Waals surface area contributed by atoms with E-state index in [-0.39, 0.29) is 11.1 Å². The van der Waals surface area contributed by atoms with Gasteiger partial charge in [0.25, 0.3) is 0 Å². The molecule has 30 heavy (non-hydrogen) atoms. The minimum atomic E-state index is -0.465. The van der Waals surface area contributed by atoms with E-state index in [1.807, 2.05) is 12.1 Å². The zero-order valence-corrected chi connectivity index (χ0v) is 17.9. The van der Waals surface area contributed by atoms with Gasteiger partial charge in [0.1, 0.15) is 18.0 Å². The number of nitrogens with zero attached hydrogens (tertiary/aromatic N) is 2. The van der Waals surface area contributed by atoms with Gasteiger partial charge in [-0.2, -0.15) is 0 Å². The van der Waals surface area contributed by atoms with Crippen molar-refractivity contribution in [3.05, 3.63) is 47.5 Å². The molecule has 3 aromatic rings. The molecule has 0 bridgehead atoms. The fourth-order valence-electron chi connectivity index (χ4n) is 3.96. The predicted octanol–water partition coefficient (Wildman–Crippen LogP) is 6.52. The number of hydrogen-bond donors (Lipinski definition) is 1. The van der Waals surface area contributed by atoms with Gasteiger partial charge in [-0.15, -0.1) is 0 Å². The van der Waals surface area contributed by atoms with Crippen LogP contribution in [-0.2, 0) is 0 Å². The lowest BCUT2D eigenvalue weighted by Crippen LogP contribution is -2.24. The topological polar surface area (TPSA) is 56.3 Å². The summed E-state index contributed by atoms with van der Waals surface area (Å²) in [6.07, 6.45) is 7.36. The Morgan fingerprint density at radius 1 is 1.10 bits per heavy atom. The number of nitrogens with one attached hydrogen (secondary N) is 1. The number of benzene rings is 2. The Bertz CT molecular complexity index is 1040. The molecular formula is C23H25ClFN3O2. The highest BCUT2D eigenvalue weighted by Crippen LogP contribution is 2.38. The maximum Gasteiger partial charge on any atom is 0.162 e. The summed E-state index contributed by atoms with van der Waals surface area (Å²) in [6.45, 7) is 2.25. The summed E-state index contributed by atoms with van der Waals surface area (Å²) in [5.41, 5.74) is 1.36. The van der Waals surface area contributed by atoms with E-state index in [4.69, 9.17) is 21.1 Å². The van der Waals surface area contributed by atoms with E-state index in [0.717, 1.165) is 29.7 Å². The number of fused-ring (bicyclic) bond motifs is 1. The van der Waals surface area contributed by atoms with Gasteiger partial charge in [0, 0.05) is 17.1 Å². The van der Waals surface area contributed by atoms with Gasteiger partial charge >= 0.3 is 0 Å². The fourth-order valence-corrected chi connectivity index (χ4v) is 4.14. The summed E-state index contributed by atoms with van der Waals surface area (Å²) in [5, 5.41) is 4.03. The molecule has 5 nitrogen and oxygen atoms in total. The Labute approximate surface area is 180 Å². The van der Waals surface area contributed by atoms with Crippen LogP contribution in [0.2, 0.25) is 5.02 Å². The molecular weight excluding hydrogens is 405 g/mol. The lowest BCUT2D eigenvalue weighted by Gasteiger charge is -2.28. The van der Waals surface area contributed by atoms with Gasteiger partial charge in [-0.3, -0.25) is 0 Å². The second-order valence-corrected chi connectivity index (χ2v) is 8.07. The second kappa shape index (κ2) is 9.04. The molecule has 4 rings (SSSR count). The summed E-state index contributed by atoms with van der Waals surface area (Å²) in [6, 6.07) is 8.22. The zero-order chi connectivity index (χ0) is 21.1. The Hall–Kier alpha value is -2.60. The van der Waals surface area contributed by atoms with E-state index in [9.17, 15) is 4.39 Å². The molecule has 0 radical (unpaired) electrons. The van der Waals surface area contributed by atoms with Crippen LogP contribution in [0.1, 0.15) is 39.0 Å². The van der Waals surface area contributed by atoms with Crippen molar-refractivity contribution in [2.24, 2.45) is 5.92 Å². The van der Waals surface area contributed by atoms with E-state index in [2.05, 4.69) is 22.2 Å². The van der Waals surface area contributed by atoms with Crippen LogP contribution in [0.5, 0.6) is 11.5 Å². The van der Waals surface area contributed by atoms with Gasteiger partial charge < -0.3 is 14.8 Å². The average molecular weight is 430 g/mol. The number of anilines is 2. The molecule has 1 aromatic heterocycles. The average Bonchev–Trinajstić information content (AvgIpc) is 2.77. The van der Waals surface area contributed by atoms with Crippen LogP contribution in [0.3, 0.4) is 0 Å². The van der Waals surface area contributed by atoms with Crippen LogP contribution in [0.15, 0.2) is 36.7 Å². The predicted molar refractivity (Wildman–Crippen MR) is 117 cm³/mol. The van der Waals surface area contributed by atoms with Crippen LogP contribution >= 0.6 is 11.6 Å². The lowest BCUT2D eigenvalue weighted by atomic mass is 9.86. The molecule has 1 aliphatic rings. The number of aromatic nitrogens is 2. The van der Waals surface area contributed by atoms with Crippen LogP contribution < -0.4 is 14.8 Å². The monoisotopic (exact) mass is 429 g/mol. The molecule has 0 aliphatic heterocycles. The van der Waals surface area contributed by atoms with Crippen LogP contribution in [-0.4, -0.2) is 23.2 Å². The molecule has 1 saturated carbocycles. The van der Waals surface area contributed by atoms with Crippen molar-refractivity contribution in [2.45, 2.75) is 45.1 Å². The SMILES string of the molecule is CCC1CCC(Oc2cc3c(Nc4ccc(F)c(Cl)c4)ncnc3cc2OC)CC1. The molecule has 0 atom stereocenters. The van der Waals surface area contributed by atoms with Gasteiger partial charge in [-0.1, -0.05) is 24.9 Å². The number of ether oxygens (including phenoxy) is 2. The Kier molecular flexibility index (Phi) is 6.23. The number of rotatable bonds is 6. The Morgan fingerprint density at radius 2 is 1.90 bits per heavy atom. The number of halogens is 2. The van der Waals surface area contributed by atoms with Crippen LogP contribution in [0.25, 0.3) is 10.9 Å². The molecule has 0 saturated heterocycles. The smallest absolute Gasteiger partial charge is 0.162 e. The molecule has 158 valence electrons. The molecule has 1 N–H and O–H groups in total. The van der Waals surface area contributed by atoms with Gasteiger partial charge in [0.05, 0.1) is 23.8 Å². The highest BCUT2D eigenvalue weighted by molar-refractivity contribution is 6.31. The molecule has 1 heterocycles. The molecule has 1 aliphatic carbocycles. The molecule has 0 unspecified atom stereocenters. The summed E-state index contributed by atoms with van der Waals surface area (Å²) < 4.78 is 25.4. The fraction of sp³-hybridized carbons (Fsp3) is 0.391. The van der Waals surface area contributed by atoms with Crippen molar-refractivity contribution >= 4 is 34.0 Å². The van der Waals surface area contributed by atoms with Crippen molar-refractivity contribution in [2.75, 3.05) is 12.4 Å². The minimum absolute atomic E-state index is 0.0479. The largest absolute Gasteiger partial charge is 0.493 e. The first-order valence-corrected chi connectivity index (χ1v) is 10.7. The van der Waals surface area contributed by atoms with Crippen LogP contribution in [0, 0.1) is 11.7 Å². The summed E-state index contributed by atoms with van der Waals surface area (Å²) >= 11 is 5.91. The third-order valence-electron chi connectivity index (χ3n) is 5.77. The Balaban J connectivity index is 1.64. The summed E-state index contributed by atoms with van der Waals surface area (Å²) in [7, 11) is 1.63. The molecule has 7 heteroatoms. The molecule has 2 aromatic carbocycles. The van der Waals surface area contributed by atoms with E-state index in [1.165, 1.54) is 37.7 Å². The Morgan fingerprint density at radius 3 is 2.60 bits per heavy atom. The van der Waals surface area contributed by atoms with Crippen LogP contribution in [0.4, 0.5) is 15.9 Å². The van der Waals surface area contributed by atoms with E-state index < -0.39 is 5.82 Å². The van der Waals surface area contributed by atoms with Crippen molar-refractivity contribution in [1.82, 2.24) is 9.97 Å². The number of hydrogen-bond acceptors (Lipinski definition) is 5. The van der Waals surface area contributed by atoms with E-state index in [1.54, 1.807) is 13.2 Å². The van der Waals surface area contributed by atoms with Crippen molar-refractivity contribution < 1.29 is 13.9 Å². The first-order chi connectivity index (χ1) is 14.6. The summed E-state index contributed by atoms with van der Waals surface area (Å²) in [5.74, 6) is 2.25. The first kappa shape index (κ1) is 20.7. The van der Waals surface area contributed by atoms with Gasteiger partial charge in [0.15, 0.2) is 11.5 Å². The van der Waals surface area contributed by atoms with Crippen molar-refractivity contribution in [3.63, 3.8) is 0 Å². The quantitative estimate of drug-likeness (QED) is 0.483. The first-order valence-electron chi connectivity index (χ1n) is 10.3. The van der Waals surface area contributed by atoms with Gasteiger partial charge in [0.2, 0.25) is 0 Å². The van der Waals surface area contributed by atoms with Gasteiger partial charge in [-0.25, -0.2) is 14.4 Å². The second-order valence-electron chi connectivity index (χ2n) is 7.67. The normalized spacial score (nSPS) is 18.9. The summed E-state index contributed by atoms with van der Waals surface area (Å²) in [4.78, 5) is 8.72. The number of methoxy groups -OCH3 is 1. The van der Waals surface area contributed by atoms with E-state index in [0.29, 0.717) is 23.0 Å².